The van der Waals surface area contributed by atoms with Crippen LogP contribution in [-0.2, 0) is 4.74 Å². The molecule has 2 nitrogen and oxygen atoms in total. The largest absolute Gasteiger partial charge is 0.363 e. The Kier molecular flexibility index (Phi) is 4.08. The van der Waals surface area contributed by atoms with Crippen molar-refractivity contribution in [3.63, 3.8) is 0 Å². The van der Waals surface area contributed by atoms with Crippen LogP contribution < -0.4 is 0 Å². The number of nitrogens with zero attached hydrogens (tertiary/aromatic N) is 1. The third-order valence-corrected chi connectivity index (χ3v) is 1.08. The van der Waals surface area contributed by atoms with Gasteiger partial charge in [-0.3, -0.25) is 0 Å². The van der Waals surface area contributed by atoms with E-state index in [1.807, 2.05) is 20.8 Å². The fraction of sp³-hybridized carbons (Fsp3) is 0.857. The van der Waals surface area contributed by atoms with Crippen molar-refractivity contribution in [3.05, 3.63) is 0 Å². The van der Waals surface area contributed by atoms with Crippen molar-refractivity contribution < 1.29 is 4.74 Å². The number of hydrogen-bond donors (Lipinski definition) is 0. The predicted molar refractivity (Wildman–Crippen MR) is 35.9 cm³/mol. The molecule has 0 heterocycles. The van der Waals surface area contributed by atoms with Crippen molar-refractivity contribution in [1.29, 1.82) is 5.26 Å². The van der Waals surface area contributed by atoms with Crippen molar-refractivity contribution in [2.75, 3.05) is 6.61 Å². The van der Waals surface area contributed by atoms with Crippen LogP contribution in [0.25, 0.3) is 0 Å². The zero-order valence-corrected chi connectivity index (χ0v) is 6.22. The minimum absolute atomic E-state index is 0.227. The summed E-state index contributed by atoms with van der Waals surface area (Å²) in [7, 11) is 0. The van der Waals surface area contributed by atoms with Gasteiger partial charge in [-0.1, -0.05) is 13.8 Å². The van der Waals surface area contributed by atoms with Crippen LogP contribution in [0.1, 0.15) is 20.8 Å². The van der Waals surface area contributed by atoms with Gasteiger partial charge in [-0.25, -0.2) is 0 Å². The third kappa shape index (κ3) is 3.10. The standard InChI is InChI=1S/C7H13NO/c1-4-9-7(5-8)6(2)3/h6-7H,4H2,1-3H3/t7-/m0/s1. The molecule has 1 atom stereocenters. The van der Waals surface area contributed by atoms with Crippen molar-refractivity contribution in [3.8, 4) is 6.07 Å². The average Bonchev–Trinajstić information content (AvgIpc) is 1.82. The molecule has 0 saturated heterocycles. The van der Waals surface area contributed by atoms with E-state index in [2.05, 4.69) is 6.07 Å². The second kappa shape index (κ2) is 4.34. The van der Waals surface area contributed by atoms with Crippen LogP contribution in [0.5, 0.6) is 0 Å². The highest BCUT2D eigenvalue weighted by atomic mass is 16.5. The van der Waals surface area contributed by atoms with Gasteiger partial charge in [-0.15, -0.1) is 0 Å². The summed E-state index contributed by atoms with van der Waals surface area (Å²) in [5.74, 6) is 0.301. The minimum Gasteiger partial charge on any atom is -0.363 e. The first-order chi connectivity index (χ1) is 4.22. The van der Waals surface area contributed by atoms with E-state index >= 15 is 0 Å². The summed E-state index contributed by atoms with van der Waals surface area (Å²) in [6, 6.07) is 2.08. The highest BCUT2D eigenvalue weighted by Crippen LogP contribution is 2.03. The van der Waals surface area contributed by atoms with Gasteiger partial charge in [0.05, 0.1) is 6.07 Å². The van der Waals surface area contributed by atoms with E-state index < -0.39 is 0 Å². The van der Waals surface area contributed by atoms with Crippen LogP contribution in [0.2, 0.25) is 0 Å². The molecule has 0 aliphatic carbocycles. The van der Waals surface area contributed by atoms with Crippen LogP contribution >= 0.6 is 0 Å². The molecule has 52 valence electrons. The second-order valence-electron chi connectivity index (χ2n) is 2.25. The molecule has 0 aromatic heterocycles. The molecule has 2 heteroatoms. The van der Waals surface area contributed by atoms with E-state index in [-0.39, 0.29) is 6.10 Å². The summed E-state index contributed by atoms with van der Waals surface area (Å²) in [5, 5.41) is 8.45. The smallest absolute Gasteiger partial charge is 0.146 e. The van der Waals surface area contributed by atoms with Crippen LogP contribution in [0.4, 0.5) is 0 Å². The van der Waals surface area contributed by atoms with Gasteiger partial charge in [0, 0.05) is 6.61 Å². The van der Waals surface area contributed by atoms with E-state index in [1.54, 1.807) is 0 Å². The van der Waals surface area contributed by atoms with Gasteiger partial charge in [0.25, 0.3) is 0 Å². The Morgan fingerprint density at radius 1 is 1.56 bits per heavy atom. The molecule has 0 amide bonds. The zero-order valence-electron chi connectivity index (χ0n) is 6.22. The Balaban J connectivity index is 3.58. The highest BCUT2D eigenvalue weighted by molar-refractivity contribution is 4.85. The van der Waals surface area contributed by atoms with Crippen molar-refractivity contribution >= 4 is 0 Å². The molecule has 0 unspecified atom stereocenters. The Morgan fingerprint density at radius 3 is 2.22 bits per heavy atom. The number of ether oxygens (including phenoxy) is 1. The lowest BCUT2D eigenvalue weighted by molar-refractivity contribution is 0.0700. The maximum absolute atomic E-state index is 8.45. The summed E-state index contributed by atoms with van der Waals surface area (Å²) in [6.45, 7) is 6.47. The lowest BCUT2D eigenvalue weighted by Crippen LogP contribution is -2.16. The molecule has 0 aliphatic rings. The van der Waals surface area contributed by atoms with Crippen molar-refractivity contribution in [2.24, 2.45) is 5.92 Å². The first kappa shape index (κ1) is 8.45. The van der Waals surface area contributed by atoms with Gasteiger partial charge in [0.2, 0.25) is 0 Å². The van der Waals surface area contributed by atoms with Crippen molar-refractivity contribution in [1.82, 2.24) is 0 Å². The lowest BCUT2D eigenvalue weighted by atomic mass is 10.1. The van der Waals surface area contributed by atoms with Crippen LogP contribution in [0.3, 0.4) is 0 Å². The number of nitriles is 1. The number of rotatable bonds is 3. The molecule has 0 aromatic carbocycles. The summed E-state index contributed by atoms with van der Waals surface area (Å²) >= 11 is 0. The third-order valence-electron chi connectivity index (χ3n) is 1.08. The Bertz CT molecular complexity index is 104. The molecule has 0 fully saturated rings. The fourth-order valence-corrected chi connectivity index (χ4v) is 0.558. The average molecular weight is 127 g/mol. The summed E-state index contributed by atoms with van der Waals surface area (Å²) in [4.78, 5) is 0. The van der Waals surface area contributed by atoms with E-state index in [4.69, 9.17) is 10.00 Å². The highest BCUT2D eigenvalue weighted by Gasteiger charge is 2.09. The summed E-state index contributed by atoms with van der Waals surface area (Å²) < 4.78 is 5.09. The molecular weight excluding hydrogens is 114 g/mol. The van der Waals surface area contributed by atoms with Crippen LogP contribution in [0.15, 0.2) is 0 Å². The zero-order chi connectivity index (χ0) is 7.28. The monoisotopic (exact) mass is 127 g/mol. The maximum Gasteiger partial charge on any atom is 0.146 e. The van der Waals surface area contributed by atoms with Gasteiger partial charge < -0.3 is 4.74 Å². The van der Waals surface area contributed by atoms with E-state index in [9.17, 15) is 0 Å². The fourth-order valence-electron chi connectivity index (χ4n) is 0.558. The first-order valence-electron chi connectivity index (χ1n) is 3.23. The predicted octanol–water partition coefficient (Wildman–Crippen LogP) is 1.57. The second-order valence-corrected chi connectivity index (χ2v) is 2.25. The molecule has 0 rings (SSSR count). The maximum atomic E-state index is 8.45. The van der Waals surface area contributed by atoms with Crippen molar-refractivity contribution in [2.45, 2.75) is 26.9 Å². The summed E-state index contributed by atoms with van der Waals surface area (Å²) in [5.41, 5.74) is 0. The topological polar surface area (TPSA) is 33.0 Å². The van der Waals surface area contributed by atoms with Crippen LogP contribution in [-0.4, -0.2) is 12.7 Å². The molecule has 0 bridgehead atoms. The summed E-state index contributed by atoms with van der Waals surface area (Å²) in [6.07, 6.45) is -0.227. The molecule has 0 aromatic rings. The van der Waals surface area contributed by atoms with Gasteiger partial charge in [-0.05, 0) is 12.8 Å². The molecule has 0 radical (unpaired) electrons. The van der Waals surface area contributed by atoms with E-state index in [0.29, 0.717) is 12.5 Å². The normalized spacial score (nSPS) is 13.2. The van der Waals surface area contributed by atoms with E-state index in [1.165, 1.54) is 0 Å². The van der Waals surface area contributed by atoms with E-state index in [0.717, 1.165) is 0 Å². The number of hydrogen-bond acceptors (Lipinski definition) is 2. The van der Waals surface area contributed by atoms with Gasteiger partial charge in [-0.2, -0.15) is 5.26 Å². The Labute approximate surface area is 56.4 Å². The molecule has 0 N–H and O–H groups in total. The van der Waals surface area contributed by atoms with Gasteiger partial charge in [0.15, 0.2) is 0 Å². The Hall–Kier alpha value is -0.550. The first-order valence-corrected chi connectivity index (χ1v) is 3.23. The molecule has 0 spiro atoms. The quantitative estimate of drug-likeness (QED) is 0.576. The Morgan fingerprint density at radius 2 is 2.11 bits per heavy atom. The van der Waals surface area contributed by atoms with Gasteiger partial charge in [0.1, 0.15) is 6.10 Å². The van der Waals surface area contributed by atoms with Crippen LogP contribution in [0, 0.1) is 17.2 Å². The molecule has 0 saturated carbocycles. The minimum atomic E-state index is -0.227. The molecular formula is C7H13NO. The van der Waals surface area contributed by atoms with Gasteiger partial charge >= 0.3 is 0 Å². The molecule has 0 aliphatic heterocycles. The SMILES string of the molecule is CCO[C@@H](C#N)C(C)C. The molecule has 9 heavy (non-hydrogen) atoms. The lowest BCUT2D eigenvalue weighted by Gasteiger charge is -2.11.